The number of aromatic amines is 1. The van der Waals surface area contributed by atoms with Crippen molar-refractivity contribution in [3.05, 3.63) is 42.0 Å². The maximum Gasteiger partial charge on any atom is 0.308 e. The number of anilines is 1. The van der Waals surface area contributed by atoms with Crippen molar-refractivity contribution in [1.82, 2.24) is 15.0 Å². The number of aliphatic carboxylic acids is 1. The zero-order chi connectivity index (χ0) is 20.1. The second-order valence-electron chi connectivity index (χ2n) is 8.38. The minimum Gasteiger partial charge on any atom is -0.481 e. The molecule has 3 aromatic rings. The first kappa shape index (κ1) is 18.1. The van der Waals surface area contributed by atoms with Gasteiger partial charge in [-0.25, -0.2) is 14.4 Å². The largest absolute Gasteiger partial charge is 0.481 e. The molecular formula is C22H23FN4O2. The quantitative estimate of drug-likeness (QED) is 0.611. The third-order valence-electron chi connectivity index (χ3n) is 6.56. The molecule has 150 valence electrons. The molecule has 3 N–H and O–H groups in total. The second kappa shape index (κ2) is 6.83. The van der Waals surface area contributed by atoms with Gasteiger partial charge in [0.2, 0.25) is 0 Å². The van der Waals surface area contributed by atoms with Crippen LogP contribution >= 0.6 is 0 Å². The minimum atomic E-state index is -0.719. The summed E-state index contributed by atoms with van der Waals surface area (Å²) in [5.41, 5.74) is 3.09. The average molecular weight is 394 g/mol. The molecule has 3 aliphatic rings. The lowest BCUT2D eigenvalue weighted by Gasteiger charge is -2.47. The van der Waals surface area contributed by atoms with Crippen molar-refractivity contribution in [2.75, 3.05) is 5.32 Å². The van der Waals surface area contributed by atoms with E-state index in [0.29, 0.717) is 28.5 Å². The number of carboxylic acids is 1. The maximum absolute atomic E-state index is 13.7. The predicted octanol–water partition coefficient (Wildman–Crippen LogP) is 4.37. The van der Waals surface area contributed by atoms with Crippen LogP contribution < -0.4 is 5.32 Å². The Morgan fingerprint density at radius 3 is 2.72 bits per heavy atom. The van der Waals surface area contributed by atoms with Crippen LogP contribution in [0.5, 0.6) is 0 Å². The Labute approximate surface area is 167 Å². The van der Waals surface area contributed by atoms with Gasteiger partial charge in [-0.1, -0.05) is 0 Å². The number of aromatic nitrogens is 3. The number of pyridine rings is 2. The summed E-state index contributed by atoms with van der Waals surface area (Å²) >= 11 is 0. The first-order valence-electron chi connectivity index (χ1n) is 10.1. The van der Waals surface area contributed by atoms with Crippen molar-refractivity contribution in [3.63, 3.8) is 0 Å². The number of carboxylic acid groups (broad SMARTS) is 1. The van der Waals surface area contributed by atoms with Gasteiger partial charge in [0.1, 0.15) is 17.3 Å². The molecule has 6 nitrogen and oxygen atoms in total. The van der Waals surface area contributed by atoms with Crippen LogP contribution in [0.1, 0.15) is 31.2 Å². The Balaban J connectivity index is 1.51. The van der Waals surface area contributed by atoms with Crippen LogP contribution in [0.15, 0.2) is 30.6 Å². The number of H-pyrrole nitrogens is 1. The normalized spacial score (nSPS) is 26.0. The molecule has 0 unspecified atom stereocenters. The molecule has 0 aromatic carbocycles. The Hall–Kier alpha value is -2.96. The fourth-order valence-electron chi connectivity index (χ4n) is 5.25. The second-order valence-corrected chi connectivity index (χ2v) is 8.38. The van der Waals surface area contributed by atoms with Gasteiger partial charge >= 0.3 is 5.97 Å². The summed E-state index contributed by atoms with van der Waals surface area (Å²) in [5, 5.41) is 13.9. The Bertz CT molecular complexity index is 1090. The van der Waals surface area contributed by atoms with Crippen molar-refractivity contribution in [1.29, 1.82) is 0 Å². The lowest BCUT2D eigenvalue weighted by molar-refractivity contribution is -0.148. The van der Waals surface area contributed by atoms with Crippen molar-refractivity contribution in [2.24, 2.45) is 17.8 Å². The number of fused-ring (bicyclic) bond motifs is 4. The first-order valence-corrected chi connectivity index (χ1v) is 10.1. The zero-order valence-corrected chi connectivity index (χ0v) is 16.2. The van der Waals surface area contributed by atoms with E-state index < -0.39 is 11.8 Å². The highest BCUT2D eigenvalue weighted by Crippen LogP contribution is 2.46. The van der Waals surface area contributed by atoms with E-state index in [2.05, 4.69) is 15.3 Å². The number of hydrogen-bond donors (Lipinski definition) is 3. The predicted molar refractivity (Wildman–Crippen MR) is 108 cm³/mol. The number of carbonyl (C=O) groups is 1. The smallest absolute Gasteiger partial charge is 0.308 e. The van der Waals surface area contributed by atoms with E-state index in [4.69, 9.17) is 4.98 Å². The van der Waals surface area contributed by atoms with Crippen LogP contribution in [0, 0.1) is 30.5 Å². The van der Waals surface area contributed by atoms with Gasteiger partial charge in [-0.05, 0) is 68.2 Å². The van der Waals surface area contributed by atoms with Gasteiger partial charge in [-0.3, -0.25) is 4.79 Å². The summed E-state index contributed by atoms with van der Waals surface area (Å²) < 4.78 is 13.7. The van der Waals surface area contributed by atoms with Crippen molar-refractivity contribution >= 4 is 22.8 Å². The summed E-state index contributed by atoms with van der Waals surface area (Å²) in [6.07, 6.45) is 7.10. The molecule has 3 saturated carbocycles. The maximum atomic E-state index is 13.7. The highest BCUT2D eigenvalue weighted by molar-refractivity contribution is 5.92. The molecule has 3 heterocycles. The van der Waals surface area contributed by atoms with Gasteiger partial charge in [0.05, 0.1) is 17.8 Å². The fourth-order valence-corrected chi connectivity index (χ4v) is 5.25. The molecule has 29 heavy (non-hydrogen) atoms. The van der Waals surface area contributed by atoms with Gasteiger partial charge in [-0.2, -0.15) is 0 Å². The molecule has 0 saturated heterocycles. The van der Waals surface area contributed by atoms with Crippen LogP contribution in [0.2, 0.25) is 0 Å². The summed E-state index contributed by atoms with van der Waals surface area (Å²) in [6.45, 7) is 1.98. The van der Waals surface area contributed by atoms with Crippen LogP contribution in [-0.4, -0.2) is 32.1 Å². The molecule has 2 atom stereocenters. The van der Waals surface area contributed by atoms with Crippen LogP contribution in [-0.2, 0) is 4.79 Å². The van der Waals surface area contributed by atoms with Crippen molar-refractivity contribution < 1.29 is 14.3 Å². The molecule has 0 spiro atoms. The number of nitrogens with zero attached hydrogens (tertiary/aromatic N) is 2. The number of rotatable bonds is 4. The van der Waals surface area contributed by atoms with Crippen LogP contribution in [0.3, 0.4) is 0 Å². The summed E-state index contributed by atoms with van der Waals surface area (Å²) in [5.74, 6) is -0.225. The van der Waals surface area contributed by atoms with E-state index in [9.17, 15) is 14.3 Å². The summed E-state index contributed by atoms with van der Waals surface area (Å²) in [4.78, 5) is 23.8. The monoisotopic (exact) mass is 394 g/mol. The molecule has 6 rings (SSSR count). The molecule has 3 fully saturated rings. The number of nitrogens with one attached hydrogen (secondary N) is 2. The van der Waals surface area contributed by atoms with E-state index in [1.54, 1.807) is 6.20 Å². The Kier molecular flexibility index (Phi) is 4.26. The zero-order valence-electron chi connectivity index (χ0n) is 16.2. The first-order chi connectivity index (χ1) is 14.0. The van der Waals surface area contributed by atoms with E-state index in [-0.39, 0.29) is 17.9 Å². The lowest BCUT2D eigenvalue weighted by atomic mass is 9.61. The van der Waals surface area contributed by atoms with Crippen LogP contribution in [0.4, 0.5) is 10.2 Å². The molecular weight excluding hydrogens is 371 g/mol. The molecule has 0 amide bonds. The molecule has 0 radical (unpaired) electrons. The van der Waals surface area contributed by atoms with Crippen molar-refractivity contribution in [3.8, 4) is 11.3 Å². The third kappa shape index (κ3) is 3.14. The molecule has 3 aromatic heterocycles. The van der Waals surface area contributed by atoms with Gasteiger partial charge in [0.25, 0.3) is 0 Å². The average Bonchev–Trinajstić information content (AvgIpc) is 3.11. The van der Waals surface area contributed by atoms with E-state index in [1.807, 2.05) is 19.1 Å². The van der Waals surface area contributed by atoms with Gasteiger partial charge < -0.3 is 15.4 Å². The van der Waals surface area contributed by atoms with Gasteiger partial charge in [-0.15, -0.1) is 0 Å². The Morgan fingerprint density at radius 1 is 1.21 bits per heavy atom. The standard InChI is InChI=1S/C22H23FN4O2/c1-11-6-17(16-10-25-21-15(16)8-14(23)9-24-21)26-18(7-11)27-20-13-4-2-12(3-5-13)19(20)22(28)29/h6-10,12-13,19-20H,2-5H2,1H3,(H,24,25)(H,26,27)(H,28,29)/t12?,13?,19-,20-/m0/s1. The summed E-state index contributed by atoms with van der Waals surface area (Å²) in [7, 11) is 0. The molecule has 2 bridgehead atoms. The molecule has 3 aliphatic carbocycles. The summed E-state index contributed by atoms with van der Waals surface area (Å²) in [6, 6.07) is 5.23. The van der Waals surface area contributed by atoms with Crippen LogP contribution in [0.25, 0.3) is 22.3 Å². The van der Waals surface area contributed by atoms with Gasteiger partial charge in [0.15, 0.2) is 0 Å². The van der Waals surface area contributed by atoms with E-state index in [1.165, 1.54) is 12.3 Å². The van der Waals surface area contributed by atoms with E-state index in [0.717, 1.165) is 36.8 Å². The van der Waals surface area contributed by atoms with Gasteiger partial charge in [0, 0.05) is 23.2 Å². The number of hydrogen-bond acceptors (Lipinski definition) is 4. The topological polar surface area (TPSA) is 90.9 Å². The minimum absolute atomic E-state index is 0.107. The molecule has 0 aliphatic heterocycles. The number of halogens is 1. The van der Waals surface area contributed by atoms with E-state index >= 15 is 0 Å². The lowest BCUT2D eigenvalue weighted by Crippen LogP contribution is -2.51. The molecule has 7 heteroatoms. The fraction of sp³-hybridized carbons (Fsp3) is 0.409. The van der Waals surface area contributed by atoms with Crippen molar-refractivity contribution in [2.45, 2.75) is 38.6 Å². The highest BCUT2D eigenvalue weighted by atomic mass is 19.1. The third-order valence-corrected chi connectivity index (χ3v) is 6.56. The SMILES string of the molecule is Cc1cc(N[C@H]2C3CCC(CC3)[C@@H]2C(=O)O)nc(-c2c[nH]c3ncc(F)cc23)c1. The highest BCUT2D eigenvalue weighted by Gasteiger charge is 2.47. The number of aryl methyl sites for hydroxylation is 1. The Morgan fingerprint density at radius 2 is 1.97 bits per heavy atom.